The summed E-state index contributed by atoms with van der Waals surface area (Å²) in [7, 11) is 0. The number of para-hydroxylation sites is 1. The summed E-state index contributed by atoms with van der Waals surface area (Å²) in [5, 5.41) is 0. The van der Waals surface area contributed by atoms with Gasteiger partial charge in [-0.05, 0) is 29.5 Å². The molecule has 3 rings (SSSR count). The van der Waals surface area contributed by atoms with Crippen molar-refractivity contribution < 1.29 is 9.53 Å². The van der Waals surface area contributed by atoms with Crippen LogP contribution < -0.4 is 4.74 Å². The maximum Gasteiger partial charge on any atom is 0.340 e. The van der Waals surface area contributed by atoms with E-state index >= 15 is 0 Å². The number of hydrogen-bond acceptors (Lipinski definition) is 3. The highest BCUT2D eigenvalue weighted by Gasteiger charge is 2.20. The average molecular weight is 360 g/mol. The molecule has 130 valence electrons. The second-order valence-corrected chi connectivity index (χ2v) is 6.59. The van der Waals surface area contributed by atoms with Crippen LogP contribution in [-0.4, -0.2) is 18.0 Å². The topological polar surface area (TPSA) is 26.3 Å². The molecule has 0 aromatic heterocycles. The first kappa shape index (κ1) is 18.0. The van der Waals surface area contributed by atoms with Crippen LogP contribution >= 0.6 is 11.8 Å². The molecule has 0 amide bonds. The molecule has 0 aliphatic heterocycles. The Morgan fingerprint density at radius 2 is 1.23 bits per heavy atom. The highest BCUT2D eigenvalue weighted by molar-refractivity contribution is 7.98. The van der Waals surface area contributed by atoms with E-state index in [0.717, 1.165) is 16.7 Å². The fraction of sp³-hybridized carbons (Fsp3) is 0.0870. The van der Waals surface area contributed by atoms with Gasteiger partial charge in [0, 0.05) is 11.3 Å². The largest absolute Gasteiger partial charge is 0.423 e. The smallest absolute Gasteiger partial charge is 0.340 e. The normalized spacial score (nSPS) is 10.2. The minimum atomic E-state index is -0.312. The zero-order chi connectivity index (χ0) is 18.2. The van der Waals surface area contributed by atoms with Gasteiger partial charge in [-0.15, -0.1) is 0 Å². The van der Waals surface area contributed by atoms with Crippen molar-refractivity contribution in [2.45, 2.75) is 0 Å². The van der Waals surface area contributed by atoms with E-state index in [0.29, 0.717) is 17.1 Å². The first-order chi connectivity index (χ1) is 12.8. The lowest BCUT2D eigenvalue weighted by atomic mass is 9.93. The summed E-state index contributed by atoms with van der Waals surface area (Å²) in [5.74, 6) is 0.815. The van der Waals surface area contributed by atoms with Crippen LogP contribution in [0.5, 0.6) is 5.75 Å². The Balaban J connectivity index is 2.10. The molecule has 0 bridgehead atoms. The molecule has 0 heterocycles. The molecule has 3 aromatic rings. The second kappa shape index (κ2) is 9.07. The van der Waals surface area contributed by atoms with E-state index in [1.165, 1.54) is 0 Å². The van der Waals surface area contributed by atoms with Gasteiger partial charge in [-0.2, -0.15) is 11.8 Å². The Labute approximate surface area is 158 Å². The molecule has 26 heavy (non-hydrogen) atoms. The molecule has 3 heteroatoms. The minimum absolute atomic E-state index is 0.312. The van der Waals surface area contributed by atoms with Gasteiger partial charge in [0.15, 0.2) is 0 Å². The van der Waals surface area contributed by atoms with Crippen LogP contribution in [0.1, 0.15) is 11.1 Å². The number of esters is 1. The van der Waals surface area contributed by atoms with Crippen molar-refractivity contribution in [3.63, 3.8) is 0 Å². The van der Waals surface area contributed by atoms with Crippen molar-refractivity contribution in [3.8, 4) is 5.75 Å². The van der Waals surface area contributed by atoms with Gasteiger partial charge in [0.25, 0.3) is 0 Å². The number of carbonyl (C=O) groups is 1. The fourth-order valence-corrected chi connectivity index (χ4v) is 3.31. The molecule has 2 nitrogen and oxygen atoms in total. The number of rotatable bonds is 6. The molecule has 0 aliphatic rings. The Kier molecular flexibility index (Phi) is 6.29. The highest BCUT2D eigenvalue weighted by atomic mass is 32.2. The van der Waals surface area contributed by atoms with Crippen LogP contribution in [-0.2, 0) is 4.79 Å². The fourth-order valence-electron chi connectivity index (χ4n) is 2.76. The third kappa shape index (κ3) is 4.44. The van der Waals surface area contributed by atoms with E-state index in [4.69, 9.17) is 4.74 Å². The van der Waals surface area contributed by atoms with Crippen molar-refractivity contribution >= 4 is 23.3 Å². The number of ether oxygens (including phenoxy) is 1. The molecule has 0 saturated heterocycles. The Hall–Kier alpha value is -2.78. The van der Waals surface area contributed by atoms with Crippen molar-refractivity contribution in [1.29, 1.82) is 0 Å². The lowest BCUT2D eigenvalue weighted by Crippen LogP contribution is -2.15. The number of hydrogen-bond donors (Lipinski definition) is 0. The lowest BCUT2D eigenvalue weighted by Gasteiger charge is -2.15. The first-order valence-electron chi connectivity index (χ1n) is 8.39. The van der Waals surface area contributed by atoms with Gasteiger partial charge in [0.1, 0.15) is 5.75 Å². The molecule has 0 saturated carbocycles. The van der Waals surface area contributed by atoms with Crippen LogP contribution in [0.25, 0.3) is 5.57 Å². The molecular weight excluding hydrogens is 340 g/mol. The Morgan fingerprint density at radius 3 is 1.69 bits per heavy atom. The summed E-state index contributed by atoms with van der Waals surface area (Å²) < 4.78 is 5.64. The molecule has 0 unspecified atom stereocenters. The standard InChI is InChI=1S/C23H20O2S/c1-26-17-21(23(24)25-20-15-9-4-10-16-20)22(18-11-5-2-6-12-18)19-13-7-3-8-14-19/h2-16H,17H2,1H3. The quantitative estimate of drug-likeness (QED) is 0.332. The van der Waals surface area contributed by atoms with E-state index in [9.17, 15) is 4.79 Å². The summed E-state index contributed by atoms with van der Waals surface area (Å²) in [6.45, 7) is 0. The van der Waals surface area contributed by atoms with Crippen LogP contribution in [0.15, 0.2) is 96.6 Å². The predicted molar refractivity (Wildman–Crippen MR) is 109 cm³/mol. The van der Waals surface area contributed by atoms with E-state index in [1.807, 2.05) is 85.1 Å². The van der Waals surface area contributed by atoms with Gasteiger partial charge in [-0.25, -0.2) is 4.79 Å². The van der Waals surface area contributed by atoms with E-state index in [-0.39, 0.29) is 5.97 Å². The van der Waals surface area contributed by atoms with Crippen LogP contribution in [0, 0.1) is 0 Å². The molecule has 0 spiro atoms. The zero-order valence-electron chi connectivity index (χ0n) is 14.6. The molecule has 0 fully saturated rings. The van der Waals surface area contributed by atoms with E-state index < -0.39 is 0 Å². The SMILES string of the molecule is CSCC(C(=O)Oc1ccccc1)=C(c1ccccc1)c1ccccc1. The summed E-state index contributed by atoms with van der Waals surface area (Å²) in [6.07, 6.45) is 1.99. The molecule has 0 radical (unpaired) electrons. The number of thioether (sulfide) groups is 1. The summed E-state index contributed by atoms with van der Waals surface area (Å²) >= 11 is 1.61. The minimum Gasteiger partial charge on any atom is -0.423 e. The van der Waals surface area contributed by atoms with Gasteiger partial charge in [0.05, 0.1) is 5.57 Å². The lowest BCUT2D eigenvalue weighted by molar-refractivity contribution is -0.129. The van der Waals surface area contributed by atoms with Gasteiger partial charge in [-0.1, -0.05) is 78.9 Å². The van der Waals surface area contributed by atoms with Crippen LogP contribution in [0.3, 0.4) is 0 Å². The second-order valence-electron chi connectivity index (χ2n) is 5.72. The Morgan fingerprint density at radius 1 is 0.769 bits per heavy atom. The van der Waals surface area contributed by atoms with Crippen molar-refractivity contribution in [2.24, 2.45) is 0 Å². The molecule has 3 aromatic carbocycles. The van der Waals surface area contributed by atoms with E-state index in [2.05, 4.69) is 0 Å². The predicted octanol–water partition coefficient (Wildman–Crippen LogP) is 5.46. The summed E-state index contributed by atoms with van der Waals surface area (Å²) in [6, 6.07) is 29.2. The molecule has 0 aliphatic carbocycles. The van der Waals surface area contributed by atoms with Crippen molar-refractivity contribution in [1.82, 2.24) is 0 Å². The molecule has 0 N–H and O–H groups in total. The molecular formula is C23H20O2S. The molecule has 0 atom stereocenters. The van der Waals surface area contributed by atoms with Gasteiger partial charge in [-0.3, -0.25) is 0 Å². The van der Waals surface area contributed by atoms with Gasteiger partial charge in [0.2, 0.25) is 0 Å². The zero-order valence-corrected chi connectivity index (χ0v) is 15.4. The maximum absolute atomic E-state index is 13.0. The first-order valence-corrected chi connectivity index (χ1v) is 9.79. The van der Waals surface area contributed by atoms with Crippen LogP contribution in [0.2, 0.25) is 0 Å². The summed E-state index contributed by atoms with van der Waals surface area (Å²) in [5.41, 5.74) is 3.60. The average Bonchev–Trinajstić information content (AvgIpc) is 2.70. The number of carbonyl (C=O) groups excluding carboxylic acids is 1. The number of benzene rings is 3. The van der Waals surface area contributed by atoms with Gasteiger partial charge < -0.3 is 4.74 Å². The monoisotopic (exact) mass is 360 g/mol. The third-order valence-corrected chi connectivity index (χ3v) is 4.49. The summed E-state index contributed by atoms with van der Waals surface area (Å²) in [4.78, 5) is 13.0. The third-order valence-electron chi connectivity index (χ3n) is 3.92. The Bertz CT molecular complexity index is 830. The van der Waals surface area contributed by atoms with Crippen molar-refractivity contribution in [3.05, 3.63) is 108 Å². The highest BCUT2D eigenvalue weighted by Crippen LogP contribution is 2.29. The van der Waals surface area contributed by atoms with Gasteiger partial charge >= 0.3 is 5.97 Å². The van der Waals surface area contributed by atoms with E-state index in [1.54, 1.807) is 23.9 Å². The van der Waals surface area contributed by atoms with Crippen molar-refractivity contribution in [2.75, 3.05) is 12.0 Å². The van der Waals surface area contributed by atoms with Crippen LogP contribution in [0.4, 0.5) is 0 Å². The maximum atomic E-state index is 13.0.